The zero-order valence-electron chi connectivity index (χ0n) is 12.0. The molecule has 7 nitrogen and oxygen atoms in total. The number of fused-ring (bicyclic) bond motifs is 1. The Morgan fingerprint density at radius 3 is 2.62 bits per heavy atom. The molecular formula is C13H18N2O5S. The van der Waals surface area contributed by atoms with Crippen LogP contribution in [0, 0.1) is 5.41 Å². The maximum Gasteiger partial charge on any atom is 0.328 e. The number of hydrogen-bond donors (Lipinski definition) is 1. The van der Waals surface area contributed by atoms with E-state index in [0.717, 1.165) is 16.8 Å². The van der Waals surface area contributed by atoms with Crippen LogP contribution in [0.25, 0.3) is 0 Å². The van der Waals surface area contributed by atoms with Gasteiger partial charge in [0.1, 0.15) is 5.41 Å². The number of carboxylic acids is 1. The molecule has 0 saturated carbocycles. The molecule has 2 amide bonds. The third-order valence-electron chi connectivity index (χ3n) is 3.98. The van der Waals surface area contributed by atoms with Gasteiger partial charge < -0.3 is 5.11 Å². The molecule has 2 unspecified atom stereocenters. The van der Waals surface area contributed by atoms with Crippen LogP contribution in [-0.2, 0) is 19.2 Å². The second kappa shape index (κ2) is 5.67. The number of carbonyl (C=O) groups excluding carboxylic acids is 3. The molecule has 0 spiro atoms. The number of nitrogens with zero attached hydrogens (tertiary/aromatic N) is 2. The lowest BCUT2D eigenvalue weighted by molar-refractivity contribution is -0.169. The number of rotatable bonds is 4. The Bertz CT molecular complexity index is 509. The molecule has 0 aromatic heterocycles. The summed E-state index contributed by atoms with van der Waals surface area (Å²) in [6, 6.07) is -0.975. The van der Waals surface area contributed by atoms with E-state index in [2.05, 4.69) is 0 Å². The second-order valence-electron chi connectivity index (χ2n) is 5.50. The van der Waals surface area contributed by atoms with Gasteiger partial charge in [0.25, 0.3) is 11.8 Å². The Kier molecular flexibility index (Phi) is 4.27. The number of thioether (sulfide) groups is 1. The molecule has 1 N–H and O–H groups in total. The molecular weight excluding hydrogens is 296 g/mol. The largest absolute Gasteiger partial charge is 0.480 e. The highest BCUT2D eigenvalue weighted by Crippen LogP contribution is 2.39. The first kappa shape index (κ1) is 15.8. The highest BCUT2D eigenvalue weighted by Gasteiger charge is 2.58. The van der Waals surface area contributed by atoms with Crippen LogP contribution < -0.4 is 0 Å². The zero-order valence-corrected chi connectivity index (χ0v) is 12.8. The Morgan fingerprint density at radius 2 is 2.05 bits per heavy atom. The predicted molar refractivity (Wildman–Crippen MR) is 75.1 cm³/mol. The molecule has 2 aliphatic heterocycles. The van der Waals surface area contributed by atoms with Crippen molar-refractivity contribution in [3.8, 4) is 0 Å². The van der Waals surface area contributed by atoms with Crippen molar-refractivity contribution < 1.29 is 24.3 Å². The van der Waals surface area contributed by atoms with Crippen LogP contribution in [0.4, 0.5) is 0 Å². The van der Waals surface area contributed by atoms with Gasteiger partial charge in [-0.25, -0.2) is 14.8 Å². The van der Waals surface area contributed by atoms with Gasteiger partial charge >= 0.3 is 5.97 Å². The number of aliphatic carboxylic acids is 1. The average Bonchev–Trinajstić information content (AvgIpc) is 2.61. The highest BCUT2D eigenvalue weighted by atomic mass is 32.2. The third kappa shape index (κ3) is 2.64. The summed E-state index contributed by atoms with van der Waals surface area (Å²) in [5.41, 5.74) is -1.26. The van der Waals surface area contributed by atoms with Gasteiger partial charge in [-0.15, -0.1) is 0 Å². The molecule has 2 rings (SSSR count). The van der Waals surface area contributed by atoms with E-state index in [0.29, 0.717) is 25.1 Å². The molecule has 8 heteroatoms. The quantitative estimate of drug-likeness (QED) is 0.759. The van der Waals surface area contributed by atoms with Gasteiger partial charge in [-0.2, -0.15) is 0 Å². The monoisotopic (exact) mass is 314 g/mol. The molecule has 0 aromatic rings. The minimum absolute atomic E-state index is 0.0714. The number of hydrogen-bond acceptors (Lipinski definition) is 5. The van der Waals surface area contributed by atoms with Crippen LogP contribution in [0.1, 0.15) is 33.1 Å². The smallest absolute Gasteiger partial charge is 0.328 e. The fourth-order valence-corrected chi connectivity index (χ4v) is 3.55. The van der Waals surface area contributed by atoms with Gasteiger partial charge in [0, 0.05) is 19.2 Å². The van der Waals surface area contributed by atoms with Gasteiger partial charge in [-0.05, 0) is 26.2 Å². The van der Waals surface area contributed by atoms with Crippen LogP contribution in [0.3, 0.4) is 0 Å². The van der Waals surface area contributed by atoms with Crippen molar-refractivity contribution in [1.29, 1.82) is 0 Å². The van der Waals surface area contributed by atoms with E-state index in [1.165, 1.54) is 18.9 Å². The zero-order chi connectivity index (χ0) is 15.8. The summed E-state index contributed by atoms with van der Waals surface area (Å²) in [6.45, 7) is 3.33. The van der Waals surface area contributed by atoms with Crippen molar-refractivity contribution in [3.63, 3.8) is 0 Å². The molecule has 2 atom stereocenters. The molecule has 0 bridgehead atoms. The normalized spacial score (nSPS) is 28.8. The summed E-state index contributed by atoms with van der Waals surface area (Å²) in [5, 5.41) is 11.5. The predicted octanol–water partition coefficient (Wildman–Crippen LogP) is 0.495. The number of amides is 2. The summed E-state index contributed by atoms with van der Waals surface area (Å²) in [7, 11) is 0. The van der Waals surface area contributed by atoms with Gasteiger partial charge in [0.2, 0.25) is 0 Å². The summed E-state index contributed by atoms with van der Waals surface area (Å²) >= 11 is 1.06. The highest BCUT2D eigenvalue weighted by molar-refractivity contribution is 8.13. The van der Waals surface area contributed by atoms with Crippen molar-refractivity contribution in [2.75, 3.05) is 12.3 Å². The second-order valence-corrected chi connectivity index (χ2v) is 6.77. The standard InChI is InChI=1S/C13H18N2O5S/c1-8(16)21-7-5-13(2)11(19)14-6-3-4-9(10(17)18)15(14)12(13)20/h9H,3-7H2,1-2H3,(H,17,18). The Labute approximate surface area is 126 Å². The van der Waals surface area contributed by atoms with E-state index in [-0.39, 0.29) is 17.4 Å². The minimum Gasteiger partial charge on any atom is -0.480 e. The topological polar surface area (TPSA) is 95.0 Å². The summed E-state index contributed by atoms with van der Waals surface area (Å²) < 4.78 is 0. The summed E-state index contributed by atoms with van der Waals surface area (Å²) in [5.74, 6) is -1.56. The number of carbonyl (C=O) groups is 4. The average molecular weight is 314 g/mol. The Balaban J connectivity index is 2.21. The van der Waals surface area contributed by atoms with Crippen molar-refractivity contribution in [2.45, 2.75) is 39.2 Å². The van der Waals surface area contributed by atoms with E-state index in [9.17, 15) is 24.3 Å². The number of carboxylic acid groups (broad SMARTS) is 1. The molecule has 2 aliphatic rings. The van der Waals surface area contributed by atoms with Gasteiger partial charge in [0.05, 0.1) is 0 Å². The van der Waals surface area contributed by atoms with Crippen LogP contribution >= 0.6 is 11.8 Å². The third-order valence-corrected chi connectivity index (χ3v) is 4.80. The van der Waals surface area contributed by atoms with E-state index >= 15 is 0 Å². The SMILES string of the molecule is CC(=O)SCCC1(C)C(=O)N2CCCC(C(=O)O)N2C1=O. The Hall–Kier alpha value is -1.57. The fourth-order valence-electron chi connectivity index (χ4n) is 2.75. The van der Waals surface area contributed by atoms with Crippen molar-refractivity contribution in [3.05, 3.63) is 0 Å². The van der Waals surface area contributed by atoms with Gasteiger partial charge in [-0.1, -0.05) is 11.8 Å². The molecule has 2 heterocycles. The maximum atomic E-state index is 12.6. The van der Waals surface area contributed by atoms with Gasteiger partial charge in [-0.3, -0.25) is 14.4 Å². The molecule has 21 heavy (non-hydrogen) atoms. The van der Waals surface area contributed by atoms with E-state index in [1.807, 2.05) is 0 Å². The van der Waals surface area contributed by atoms with Crippen molar-refractivity contribution >= 4 is 34.7 Å². The van der Waals surface area contributed by atoms with Crippen molar-refractivity contribution in [2.24, 2.45) is 5.41 Å². The van der Waals surface area contributed by atoms with Crippen LogP contribution in [0.2, 0.25) is 0 Å². The van der Waals surface area contributed by atoms with E-state index in [1.54, 1.807) is 0 Å². The molecule has 0 radical (unpaired) electrons. The van der Waals surface area contributed by atoms with Crippen LogP contribution in [0.5, 0.6) is 0 Å². The van der Waals surface area contributed by atoms with Crippen molar-refractivity contribution in [1.82, 2.24) is 10.0 Å². The van der Waals surface area contributed by atoms with Crippen LogP contribution in [0.15, 0.2) is 0 Å². The summed E-state index contributed by atoms with van der Waals surface area (Å²) in [6.07, 6.45) is 1.14. The molecule has 2 saturated heterocycles. The molecule has 0 aliphatic carbocycles. The molecule has 2 fully saturated rings. The molecule has 116 valence electrons. The van der Waals surface area contributed by atoms with E-state index in [4.69, 9.17) is 0 Å². The minimum atomic E-state index is -1.26. The van der Waals surface area contributed by atoms with Gasteiger partial charge in [0.15, 0.2) is 11.2 Å². The fraction of sp³-hybridized carbons (Fsp3) is 0.692. The Morgan fingerprint density at radius 1 is 1.38 bits per heavy atom. The lowest BCUT2D eigenvalue weighted by Gasteiger charge is -2.36. The first-order valence-electron chi connectivity index (χ1n) is 6.81. The van der Waals surface area contributed by atoms with Crippen LogP contribution in [-0.4, -0.2) is 56.4 Å². The first-order valence-corrected chi connectivity index (χ1v) is 7.79. The lowest BCUT2D eigenvalue weighted by atomic mass is 9.86. The summed E-state index contributed by atoms with van der Waals surface area (Å²) in [4.78, 5) is 47.3. The first-order chi connectivity index (χ1) is 9.79. The van der Waals surface area contributed by atoms with E-state index < -0.39 is 23.3 Å². The lowest BCUT2D eigenvalue weighted by Crippen LogP contribution is -2.54. The number of hydrazine groups is 1. The maximum absolute atomic E-state index is 12.6. The molecule has 0 aromatic carbocycles.